The van der Waals surface area contributed by atoms with E-state index in [9.17, 15) is 4.79 Å². The maximum atomic E-state index is 11.6. The molecule has 92 valence electrons. The average Bonchev–Trinajstić information content (AvgIpc) is 2.79. The fourth-order valence-corrected chi connectivity index (χ4v) is 2.10. The fourth-order valence-electron chi connectivity index (χ4n) is 2.10. The molecule has 0 aliphatic carbocycles. The number of carbonyl (C=O) groups excluding carboxylic acids is 1. The van der Waals surface area contributed by atoms with E-state index < -0.39 is 0 Å². The molecule has 1 heterocycles. The Morgan fingerprint density at radius 1 is 1.41 bits per heavy atom. The molecule has 2 rings (SSSR count). The molecule has 0 spiro atoms. The maximum absolute atomic E-state index is 11.6. The van der Waals surface area contributed by atoms with Crippen LogP contribution in [0.1, 0.15) is 13.3 Å². The quantitative estimate of drug-likeness (QED) is 0.837. The van der Waals surface area contributed by atoms with E-state index in [0.717, 1.165) is 25.2 Å². The van der Waals surface area contributed by atoms with Crippen LogP contribution in [-0.4, -0.2) is 36.6 Å². The van der Waals surface area contributed by atoms with Crippen LogP contribution in [0.4, 0.5) is 10.5 Å². The number of anilines is 1. The Morgan fingerprint density at radius 3 is 2.88 bits per heavy atom. The predicted octanol–water partition coefficient (Wildman–Crippen LogP) is 1.90. The third-order valence-electron chi connectivity index (χ3n) is 2.95. The normalized spacial score (nSPS) is 19.1. The van der Waals surface area contributed by atoms with Crippen molar-refractivity contribution in [1.82, 2.24) is 10.2 Å². The molecular formula is C13H19N3O. The Labute approximate surface area is 102 Å². The van der Waals surface area contributed by atoms with Crippen molar-refractivity contribution in [1.29, 1.82) is 0 Å². The Balaban J connectivity index is 1.84. The van der Waals surface area contributed by atoms with Crippen molar-refractivity contribution in [2.24, 2.45) is 0 Å². The molecule has 4 heteroatoms. The van der Waals surface area contributed by atoms with Crippen molar-refractivity contribution in [3.8, 4) is 0 Å². The van der Waals surface area contributed by atoms with Gasteiger partial charge in [-0.15, -0.1) is 0 Å². The Kier molecular flexibility index (Phi) is 3.85. The SMILES string of the molecule is CCNC(=O)N1CCC(Nc2ccccc2)C1. The van der Waals surface area contributed by atoms with Crippen LogP contribution in [0, 0.1) is 0 Å². The average molecular weight is 233 g/mol. The molecule has 1 aliphatic heterocycles. The molecule has 1 fully saturated rings. The van der Waals surface area contributed by atoms with E-state index in [2.05, 4.69) is 22.8 Å². The van der Waals surface area contributed by atoms with Gasteiger partial charge in [-0.1, -0.05) is 18.2 Å². The van der Waals surface area contributed by atoms with Crippen molar-refractivity contribution < 1.29 is 4.79 Å². The number of benzene rings is 1. The first kappa shape index (κ1) is 11.8. The second-order valence-electron chi connectivity index (χ2n) is 4.28. The minimum atomic E-state index is 0.0462. The van der Waals surface area contributed by atoms with Gasteiger partial charge in [-0.3, -0.25) is 0 Å². The number of nitrogens with one attached hydrogen (secondary N) is 2. The fraction of sp³-hybridized carbons (Fsp3) is 0.462. The van der Waals surface area contributed by atoms with E-state index in [4.69, 9.17) is 0 Å². The van der Waals surface area contributed by atoms with E-state index in [0.29, 0.717) is 12.6 Å². The lowest BCUT2D eigenvalue weighted by molar-refractivity contribution is 0.209. The summed E-state index contributed by atoms with van der Waals surface area (Å²) in [5.41, 5.74) is 1.12. The number of likely N-dealkylation sites (tertiary alicyclic amines) is 1. The molecule has 1 aromatic carbocycles. The molecule has 0 saturated carbocycles. The molecule has 2 amide bonds. The first-order valence-corrected chi connectivity index (χ1v) is 6.14. The summed E-state index contributed by atoms with van der Waals surface area (Å²) in [4.78, 5) is 13.5. The van der Waals surface area contributed by atoms with Gasteiger partial charge in [0.2, 0.25) is 0 Å². The number of hydrogen-bond donors (Lipinski definition) is 2. The molecule has 0 bridgehead atoms. The molecular weight excluding hydrogens is 214 g/mol. The van der Waals surface area contributed by atoms with Gasteiger partial charge in [-0.25, -0.2) is 4.79 Å². The van der Waals surface area contributed by atoms with Gasteiger partial charge in [0.1, 0.15) is 0 Å². The number of amides is 2. The van der Waals surface area contributed by atoms with Crippen molar-refractivity contribution in [3.05, 3.63) is 30.3 Å². The summed E-state index contributed by atoms with van der Waals surface area (Å²) in [6.45, 7) is 4.23. The number of nitrogens with zero attached hydrogens (tertiary/aromatic N) is 1. The summed E-state index contributed by atoms with van der Waals surface area (Å²) in [5.74, 6) is 0. The van der Waals surface area contributed by atoms with Gasteiger partial charge in [-0.05, 0) is 25.5 Å². The number of carbonyl (C=O) groups is 1. The minimum absolute atomic E-state index is 0.0462. The molecule has 1 unspecified atom stereocenters. The van der Waals surface area contributed by atoms with E-state index in [1.54, 1.807) is 0 Å². The van der Waals surface area contributed by atoms with Crippen molar-refractivity contribution in [2.45, 2.75) is 19.4 Å². The third-order valence-corrected chi connectivity index (χ3v) is 2.95. The molecule has 2 N–H and O–H groups in total. The van der Waals surface area contributed by atoms with Gasteiger partial charge >= 0.3 is 6.03 Å². The van der Waals surface area contributed by atoms with Crippen LogP contribution in [0.5, 0.6) is 0 Å². The Morgan fingerprint density at radius 2 is 2.18 bits per heavy atom. The zero-order valence-corrected chi connectivity index (χ0v) is 10.1. The predicted molar refractivity (Wildman–Crippen MR) is 69.1 cm³/mol. The second-order valence-corrected chi connectivity index (χ2v) is 4.28. The highest BCUT2D eigenvalue weighted by Gasteiger charge is 2.25. The summed E-state index contributed by atoms with van der Waals surface area (Å²) >= 11 is 0. The van der Waals surface area contributed by atoms with E-state index >= 15 is 0 Å². The van der Waals surface area contributed by atoms with Gasteiger partial charge in [0.15, 0.2) is 0 Å². The maximum Gasteiger partial charge on any atom is 0.317 e. The summed E-state index contributed by atoms with van der Waals surface area (Å²) < 4.78 is 0. The van der Waals surface area contributed by atoms with Gasteiger partial charge in [-0.2, -0.15) is 0 Å². The number of urea groups is 1. The summed E-state index contributed by atoms with van der Waals surface area (Å²) in [6.07, 6.45) is 1.01. The second kappa shape index (κ2) is 5.57. The zero-order valence-electron chi connectivity index (χ0n) is 10.1. The number of hydrogen-bond acceptors (Lipinski definition) is 2. The molecule has 0 radical (unpaired) electrons. The van der Waals surface area contributed by atoms with Crippen LogP contribution >= 0.6 is 0 Å². The number of rotatable bonds is 3. The third kappa shape index (κ3) is 3.12. The van der Waals surface area contributed by atoms with Crippen LogP contribution in [0.2, 0.25) is 0 Å². The highest BCUT2D eigenvalue weighted by atomic mass is 16.2. The smallest absolute Gasteiger partial charge is 0.317 e. The molecule has 1 aromatic rings. The molecule has 1 aliphatic rings. The first-order chi connectivity index (χ1) is 8.29. The van der Waals surface area contributed by atoms with Gasteiger partial charge in [0.05, 0.1) is 0 Å². The summed E-state index contributed by atoms with van der Waals surface area (Å²) in [5, 5.41) is 6.28. The Bertz CT molecular complexity index is 366. The van der Waals surface area contributed by atoms with Gasteiger partial charge in [0, 0.05) is 31.4 Å². The van der Waals surface area contributed by atoms with E-state index in [1.165, 1.54) is 0 Å². The van der Waals surface area contributed by atoms with Crippen LogP contribution in [0.25, 0.3) is 0 Å². The van der Waals surface area contributed by atoms with Gasteiger partial charge in [0.25, 0.3) is 0 Å². The first-order valence-electron chi connectivity index (χ1n) is 6.14. The standard InChI is InChI=1S/C13H19N3O/c1-2-14-13(17)16-9-8-12(10-16)15-11-6-4-3-5-7-11/h3-7,12,15H,2,8-10H2,1H3,(H,14,17). The molecule has 4 nitrogen and oxygen atoms in total. The van der Waals surface area contributed by atoms with E-state index in [-0.39, 0.29) is 6.03 Å². The lowest BCUT2D eigenvalue weighted by atomic mass is 10.2. The van der Waals surface area contributed by atoms with Gasteiger partial charge < -0.3 is 15.5 Å². The summed E-state index contributed by atoms with van der Waals surface area (Å²) in [7, 11) is 0. The highest BCUT2D eigenvalue weighted by molar-refractivity contribution is 5.74. The zero-order chi connectivity index (χ0) is 12.1. The molecule has 1 saturated heterocycles. The van der Waals surface area contributed by atoms with Crippen LogP contribution in [0.15, 0.2) is 30.3 Å². The summed E-state index contributed by atoms with van der Waals surface area (Å²) in [6, 6.07) is 10.5. The van der Waals surface area contributed by atoms with Crippen LogP contribution < -0.4 is 10.6 Å². The molecule has 17 heavy (non-hydrogen) atoms. The highest BCUT2D eigenvalue weighted by Crippen LogP contribution is 2.15. The largest absolute Gasteiger partial charge is 0.380 e. The van der Waals surface area contributed by atoms with Crippen LogP contribution in [-0.2, 0) is 0 Å². The van der Waals surface area contributed by atoms with Crippen molar-refractivity contribution in [3.63, 3.8) is 0 Å². The van der Waals surface area contributed by atoms with E-state index in [1.807, 2.05) is 30.0 Å². The number of para-hydroxylation sites is 1. The minimum Gasteiger partial charge on any atom is -0.380 e. The lowest BCUT2D eigenvalue weighted by Gasteiger charge is -2.17. The Hall–Kier alpha value is -1.71. The lowest BCUT2D eigenvalue weighted by Crippen LogP contribution is -2.39. The topological polar surface area (TPSA) is 44.4 Å². The molecule has 1 atom stereocenters. The van der Waals surface area contributed by atoms with Crippen molar-refractivity contribution in [2.75, 3.05) is 25.0 Å². The van der Waals surface area contributed by atoms with Crippen LogP contribution in [0.3, 0.4) is 0 Å². The monoisotopic (exact) mass is 233 g/mol. The van der Waals surface area contributed by atoms with Crippen molar-refractivity contribution >= 4 is 11.7 Å². The molecule has 0 aromatic heterocycles.